The van der Waals surface area contributed by atoms with E-state index < -0.39 is 0 Å². The molecule has 3 aromatic rings. The number of rotatable bonds is 7. The molecule has 0 fully saturated rings. The monoisotopic (exact) mass is 452 g/mol. The first-order chi connectivity index (χ1) is 15.9. The van der Waals surface area contributed by atoms with Crippen molar-refractivity contribution in [3.63, 3.8) is 0 Å². The number of benzene rings is 2. The first-order valence-corrected chi connectivity index (χ1v) is 11.3. The molecule has 7 heteroatoms. The lowest BCUT2D eigenvalue weighted by Crippen LogP contribution is -2.41. The predicted octanol–water partition coefficient (Wildman–Crippen LogP) is 3.91. The number of carbonyl (C=O) groups excluding carboxylic acids is 2. The molecule has 0 saturated carbocycles. The van der Waals surface area contributed by atoms with Crippen LogP contribution in [-0.2, 0) is 40.1 Å². The first kappa shape index (κ1) is 22.8. The van der Waals surface area contributed by atoms with E-state index in [9.17, 15) is 14.0 Å². The van der Waals surface area contributed by atoms with Crippen LogP contribution >= 0.6 is 0 Å². The molecule has 33 heavy (non-hydrogen) atoms. The molecule has 1 atom stereocenters. The maximum Gasteiger partial charge on any atom is 0.325 e. The van der Waals surface area contributed by atoms with Gasteiger partial charge in [-0.1, -0.05) is 18.2 Å². The van der Waals surface area contributed by atoms with Crippen LogP contribution in [0.4, 0.5) is 4.39 Å². The highest BCUT2D eigenvalue weighted by Crippen LogP contribution is 2.34. The molecule has 0 bridgehead atoms. The number of amides is 1. The Balaban J connectivity index is 1.60. The van der Waals surface area contributed by atoms with E-state index in [1.165, 1.54) is 12.1 Å². The molecule has 2 aromatic carbocycles. The Labute approximate surface area is 192 Å². The number of methoxy groups -OCH3 is 1. The van der Waals surface area contributed by atoms with Gasteiger partial charge in [0.1, 0.15) is 18.1 Å². The SMILES string of the molecule is CCOC(=O)Cn1c2c(c3cc(F)ccc31)C[C@@H](N(C)C(=O)Cc1ccccc1OC)CC2. The van der Waals surface area contributed by atoms with Crippen LogP contribution in [0.25, 0.3) is 10.9 Å². The van der Waals surface area contributed by atoms with Crippen molar-refractivity contribution >= 4 is 22.8 Å². The van der Waals surface area contributed by atoms with Crippen LogP contribution in [0.5, 0.6) is 5.75 Å². The van der Waals surface area contributed by atoms with Crippen molar-refractivity contribution < 1.29 is 23.5 Å². The fraction of sp³-hybridized carbons (Fsp3) is 0.385. The van der Waals surface area contributed by atoms with E-state index in [0.29, 0.717) is 25.2 Å². The van der Waals surface area contributed by atoms with Gasteiger partial charge in [-0.3, -0.25) is 9.59 Å². The molecule has 0 aliphatic heterocycles. The maximum atomic E-state index is 14.1. The van der Waals surface area contributed by atoms with E-state index in [1.807, 2.05) is 35.9 Å². The number of para-hydroxylation sites is 1. The van der Waals surface area contributed by atoms with Gasteiger partial charge in [-0.2, -0.15) is 0 Å². The van der Waals surface area contributed by atoms with E-state index in [4.69, 9.17) is 9.47 Å². The van der Waals surface area contributed by atoms with Crippen LogP contribution in [-0.4, -0.2) is 48.1 Å². The number of halogens is 1. The van der Waals surface area contributed by atoms with Crippen LogP contribution < -0.4 is 4.74 Å². The summed E-state index contributed by atoms with van der Waals surface area (Å²) in [6.07, 6.45) is 2.33. The summed E-state index contributed by atoms with van der Waals surface area (Å²) in [4.78, 5) is 27.1. The quantitative estimate of drug-likeness (QED) is 0.510. The zero-order valence-electron chi connectivity index (χ0n) is 19.3. The van der Waals surface area contributed by atoms with Gasteiger partial charge < -0.3 is 18.9 Å². The topological polar surface area (TPSA) is 60.8 Å². The summed E-state index contributed by atoms with van der Waals surface area (Å²) in [5, 5.41) is 0.796. The summed E-state index contributed by atoms with van der Waals surface area (Å²) < 4.78 is 26.6. The number of carbonyl (C=O) groups is 2. The number of likely N-dealkylation sites (N-methyl/N-ethyl adjacent to an activating group) is 1. The second-order valence-corrected chi connectivity index (χ2v) is 8.37. The van der Waals surface area contributed by atoms with Gasteiger partial charge in [-0.25, -0.2) is 4.39 Å². The van der Waals surface area contributed by atoms with Crippen LogP contribution in [0.1, 0.15) is 30.2 Å². The lowest BCUT2D eigenvalue weighted by Gasteiger charge is -2.32. The van der Waals surface area contributed by atoms with Crippen molar-refractivity contribution in [3.8, 4) is 5.75 Å². The van der Waals surface area contributed by atoms with Crippen molar-refractivity contribution in [1.82, 2.24) is 9.47 Å². The van der Waals surface area contributed by atoms with Crippen molar-refractivity contribution in [3.05, 3.63) is 65.1 Å². The van der Waals surface area contributed by atoms with Gasteiger partial charge >= 0.3 is 5.97 Å². The molecular weight excluding hydrogens is 423 g/mol. The summed E-state index contributed by atoms with van der Waals surface area (Å²) >= 11 is 0. The smallest absolute Gasteiger partial charge is 0.325 e. The van der Waals surface area contributed by atoms with E-state index >= 15 is 0 Å². The Bertz CT molecular complexity index is 1190. The molecule has 4 rings (SSSR count). The fourth-order valence-corrected chi connectivity index (χ4v) is 4.79. The second-order valence-electron chi connectivity index (χ2n) is 8.37. The summed E-state index contributed by atoms with van der Waals surface area (Å²) in [5.74, 6) is 0.0751. The van der Waals surface area contributed by atoms with Gasteiger partial charge in [0, 0.05) is 35.2 Å². The van der Waals surface area contributed by atoms with E-state index in [1.54, 1.807) is 25.0 Å². The molecular formula is C26H29FN2O4. The van der Waals surface area contributed by atoms with Gasteiger partial charge in [0.25, 0.3) is 0 Å². The number of esters is 1. The second kappa shape index (κ2) is 9.65. The average molecular weight is 453 g/mol. The summed E-state index contributed by atoms with van der Waals surface area (Å²) in [6, 6.07) is 12.2. The minimum atomic E-state index is -0.318. The van der Waals surface area contributed by atoms with Crippen molar-refractivity contribution in [2.45, 2.75) is 45.2 Å². The fourth-order valence-electron chi connectivity index (χ4n) is 4.79. The van der Waals surface area contributed by atoms with E-state index in [0.717, 1.165) is 34.1 Å². The molecule has 174 valence electrons. The largest absolute Gasteiger partial charge is 0.496 e. The Morgan fingerprint density at radius 3 is 2.76 bits per heavy atom. The van der Waals surface area contributed by atoms with Gasteiger partial charge in [-0.05, 0) is 56.0 Å². The number of ether oxygens (including phenoxy) is 2. The Morgan fingerprint density at radius 2 is 2.00 bits per heavy atom. The molecule has 1 amide bonds. The average Bonchev–Trinajstić information content (AvgIpc) is 3.11. The number of hydrogen-bond donors (Lipinski definition) is 0. The molecule has 1 heterocycles. The molecule has 1 aliphatic rings. The zero-order chi connectivity index (χ0) is 23.5. The molecule has 1 aromatic heterocycles. The highest BCUT2D eigenvalue weighted by atomic mass is 19.1. The van der Waals surface area contributed by atoms with Crippen molar-refractivity contribution in [1.29, 1.82) is 0 Å². The molecule has 0 saturated heterocycles. The van der Waals surface area contributed by atoms with Crippen molar-refractivity contribution in [2.75, 3.05) is 20.8 Å². The summed E-state index contributed by atoms with van der Waals surface area (Å²) in [7, 11) is 3.42. The summed E-state index contributed by atoms with van der Waals surface area (Å²) in [6.45, 7) is 2.19. The third kappa shape index (κ3) is 4.58. The van der Waals surface area contributed by atoms with E-state index in [2.05, 4.69) is 0 Å². The minimum absolute atomic E-state index is 0.00870. The minimum Gasteiger partial charge on any atom is -0.496 e. The molecule has 1 aliphatic carbocycles. The molecule has 0 spiro atoms. The normalized spacial score (nSPS) is 15.2. The lowest BCUT2D eigenvalue weighted by atomic mass is 9.90. The van der Waals surface area contributed by atoms with Gasteiger partial charge in [0.15, 0.2) is 0 Å². The number of nitrogens with zero attached hydrogens (tertiary/aromatic N) is 2. The lowest BCUT2D eigenvalue weighted by molar-refractivity contribution is -0.143. The van der Waals surface area contributed by atoms with E-state index in [-0.39, 0.29) is 36.7 Å². The third-order valence-electron chi connectivity index (χ3n) is 6.47. The van der Waals surface area contributed by atoms with Crippen molar-refractivity contribution in [2.24, 2.45) is 0 Å². The molecule has 6 nitrogen and oxygen atoms in total. The Hall–Kier alpha value is -3.35. The highest BCUT2D eigenvalue weighted by Gasteiger charge is 2.30. The standard InChI is InChI=1S/C26H29FN2O4/c1-4-33-26(31)16-29-22-11-9-18(27)14-20(22)21-15-19(10-12-23(21)29)28(2)25(30)13-17-7-5-6-8-24(17)32-3/h5-9,11,14,19H,4,10,12-13,15-16H2,1-3H3/t19-/m0/s1. The maximum absolute atomic E-state index is 14.1. The number of aromatic nitrogens is 1. The van der Waals surface area contributed by atoms with Gasteiger partial charge in [-0.15, -0.1) is 0 Å². The summed E-state index contributed by atoms with van der Waals surface area (Å²) in [5.41, 5.74) is 3.69. The van der Waals surface area contributed by atoms with Gasteiger partial charge in [0.05, 0.1) is 20.1 Å². The van der Waals surface area contributed by atoms with Crippen LogP contribution in [0.2, 0.25) is 0 Å². The molecule has 0 unspecified atom stereocenters. The van der Waals surface area contributed by atoms with Gasteiger partial charge in [0.2, 0.25) is 5.91 Å². The Kier molecular flexibility index (Phi) is 6.67. The Morgan fingerprint density at radius 1 is 1.21 bits per heavy atom. The van der Waals surface area contributed by atoms with Crippen LogP contribution in [0.15, 0.2) is 42.5 Å². The van der Waals surface area contributed by atoms with Crippen LogP contribution in [0, 0.1) is 5.82 Å². The predicted molar refractivity (Wildman–Crippen MR) is 124 cm³/mol. The zero-order valence-corrected chi connectivity index (χ0v) is 19.3. The third-order valence-corrected chi connectivity index (χ3v) is 6.47. The van der Waals surface area contributed by atoms with Crippen LogP contribution in [0.3, 0.4) is 0 Å². The highest BCUT2D eigenvalue weighted by molar-refractivity contribution is 5.88. The molecule has 0 N–H and O–H groups in total. The number of hydrogen-bond acceptors (Lipinski definition) is 4. The number of fused-ring (bicyclic) bond motifs is 3. The first-order valence-electron chi connectivity index (χ1n) is 11.3. The molecule has 0 radical (unpaired) electrons.